The Kier molecular flexibility index (Phi) is 11.2. The Hall–Kier alpha value is 1.18. The van der Waals surface area contributed by atoms with Crippen molar-refractivity contribution in [3.8, 4) is 0 Å². The highest BCUT2D eigenvalue weighted by atomic mass is 35.5. The van der Waals surface area contributed by atoms with E-state index in [4.69, 9.17) is 44.6 Å². The van der Waals surface area contributed by atoms with Gasteiger partial charge in [-0.05, 0) is 12.8 Å². The van der Waals surface area contributed by atoms with E-state index in [0.29, 0.717) is 5.88 Å². The summed E-state index contributed by atoms with van der Waals surface area (Å²) in [7, 11) is -2.34. The van der Waals surface area contributed by atoms with Crippen molar-refractivity contribution in [1.29, 1.82) is 0 Å². The number of hydrogen-bond donors (Lipinski definition) is 2. The summed E-state index contributed by atoms with van der Waals surface area (Å²) in [5, 5.41) is -0.607. The zero-order valence-electron chi connectivity index (χ0n) is 8.28. The quantitative estimate of drug-likeness (QED) is 0.390. The van der Waals surface area contributed by atoms with E-state index in [2.05, 4.69) is 4.52 Å². The number of hydrogen-bond acceptors (Lipinski definition) is 3. The third-order valence-electron chi connectivity index (χ3n) is 1.86. The molecule has 0 rings (SSSR count). The van der Waals surface area contributed by atoms with Gasteiger partial charge in [0.1, 0.15) is 0 Å². The molecule has 92 valence electrons. The number of unbranched alkanes of at least 4 members (excludes halogenated alkanes) is 2. The molecule has 7 heteroatoms. The minimum absolute atomic E-state index is 0.0595. The molecule has 0 heterocycles. The van der Waals surface area contributed by atoms with Crippen molar-refractivity contribution in [2.24, 2.45) is 0 Å². The van der Waals surface area contributed by atoms with Crippen molar-refractivity contribution in [3.05, 3.63) is 0 Å². The number of alkyl halides is 3. The van der Waals surface area contributed by atoms with Crippen LogP contribution in [0.25, 0.3) is 0 Å². The van der Waals surface area contributed by atoms with Crippen molar-refractivity contribution in [1.82, 2.24) is 0 Å². The molecule has 3 nitrogen and oxygen atoms in total. The van der Waals surface area contributed by atoms with Crippen molar-refractivity contribution in [2.75, 3.05) is 12.5 Å². The summed E-state index contributed by atoms with van der Waals surface area (Å²) in [5.74, 6) is 0.666. The van der Waals surface area contributed by atoms with Crippen molar-refractivity contribution in [3.63, 3.8) is 0 Å². The first-order valence-electron chi connectivity index (χ1n) is 4.72. The molecule has 0 aliphatic rings. The SMILES string of the molecule is OP(O)OCC(Cl)C(Cl)CCCCCCl. The zero-order valence-corrected chi connectivity index (χ0v) is 11.4. The predicted molar refractivity (Wildman–Crippen MR) is 65.8 cm³/mol. The highest BCUT2D eigenvalue weighted by molar-refractivity contribution is 7.39. The molecule has 2 N–H and O–H groups in total. The number of rotatable bonds is 9. The molecule has 0 aliphatic carbocycles. The fraction of sp³-hybridized carbons (Fsp3) is 1.00. The van der Waals surface area contributed by atoms with Crippen LogP contribution in [-0.4, -0.2) is 33.0 Å². The van der Waals surface area contributed by atoms with E-state index in [1.807, 2.05) is 0 Å². The van der Waals surface area contributed by atoms with Crippen LogP contribution >= 0.6 is 43.4 Å². The van der Waals surface area contributed by atoms with Crippen LogP contribution in [-0.2, 0) is 4.52 Å². The lowest BCUT2D eigenvalue weighted by Crippen LogP contribution is -2.20. The molecular weight excluding hydrogens is 281 g/mol. The van der Waals surface area contributed by atoms with E-state index in [1.54, 1.807) is 0 Å². The van der Waals surface area contributed by atoms with Crippen molar-refractivity contribution < 1.29 is 14.3 Å². The van der Waals surface area contributed by atoms with E-state index >= 15 is 0 Å². The van der Waals surface area contributed by atoms with Crippen LogP contribution in [0.3, 0.4) is 0 Å². The van der Waals surface area contributed by atoms with Crippen LogP contribution in [0.1, 0.15) is 25.7 Å². The van der Waals surface area contributed by atoms with Gasteiger partial charge in [0, 0.05) is 5.88 Å². The lowest BCUT2D eigenvalue weighted by molar-refractivity contribution is 0.251. The first kappa shape index (κ1) is 16.2. The van der Waals surface area contributed by atoms with E-state index in [9.17, 15) is 0 Å². The van der Waals surface area contributed by atoms with Gasteiger partial charge in [-0.3, -0.25) is 0 Å². The maximum atomic E-state index is 8.51. The Balaban J connectivity index is 3.46. The lowest BCUT2D eigenvalue weighted by atomic mass is 10.1. The summed E-state index contributed by atoms with van der Waals surface area (Å²) in [5.41, 5.74) is 0. The van der Waals surface area contributed by atoms with Gasteiger partial charge in [0.2, 0.25) is 0 Å². The van der Waals surface area contributed by atoms with Gasteiger partial charge in [-0.1, -0.05) is 12.8 Å². The summed E-state index contributed by atoms with van der Waals surface area (Å²) in [6, 6.07) is 0. The first-order chi connectivity index (χ1) is 7.07. The minimum atomic E-state index is -2.34. The molecule has 0 saturated carbocycles. The minimum Gasteiger partial charge on any atom is -0.328 e. The van der Waals surface area contributed by atoms with Gasteiger partial charge in [0.25, 0.3) is 0 Å². The molecule has 15 heavy (non-hydrogen) atoms. The maximum Gasteiger partial charge on any atom is 0.327 e. The van der Waals surface area contributed by atoms with E-state index in [1.165, 1.54) is 0 Å². The highest BCUT2D eigenvalue weighted by Crippen LogP contribution is 2.27. The van der Waals surface area contributed by atoms with Gasteiger partial charge in [0.15, 0.2) is 0 Å². The van der Waals surface area contributed by atoms with Crippen LogP contribution in [0, 0.1) is 0 Å². The van der Waals surface area contributed by atoms with Gasteiger partial charge in [0.05, 0.1) is 17.4 Å². The molecule has 0 amide bonds. The Morgan fingerprint density at radius 1 is 1.07 bits per heavy atom. The van der Waals surface area contributed by atoms with E-state index in [-0.39, 0.29) is 12.0 Å². The van der Waals surface area contributed by atoms with Crippen LogP contribution in [0.15, 0.2) is 0 Å². The van der Waals surface area contributed by atoms with E-state index in [0.717, 1.165) is 25.7 Å². The third kappa shape index (κ3) is 10.1. The van der Waals surface area contributed by atoms with Gasteiger partial charge in [-0.2, -0.15) is 0 Å². The molecule has 0 radical (unpaired) electrons. The Morgan fingerprint density at radius 2 is 1.73 bits per heavy atom. The van der Waals surface area contributed by atoms with Crippen LogP contribution < -0.4 is 0 Å². The molecular formula is C8H16Cl3O3P. The second-order valence-electron chi connectivity index (χ2n) is 3.12. The molecule has 0 fully saturated rings. The van der Waals surface area contributed by atoms with Crippen LogP contribution in [0.4, 0.5) is 0 Å². The summed E-state index contributed by atoms with van der Waals surface area (Å²) in [4.78, 5) is 17.0. The molecule has 0 aliphatic heterocycles. The highest BCUT2D eigenvalue weighted by Gasteiger charge is 2.17. The summed E-state index contributed by atoms with van der Waals surface area (Å²) < 4.78 is 4.59. The van der Waals surface area contributed by atoms with Gasteiger partial charge in [-0.15, -0.1) is 34.8 Å². The average molecular weight is 298 g/mol. The standard InChI is InChI=1S/C8H16Cl3O3P/c9-5-3-1-2-4-7(10)8(11)6-14-15(12)13/h7-8,12-13H,1-6H2. The first-order valence-corrected chi connectivity index (χ1v) is 7.30. The van der Waals surface area contributed by atoms with Gasteiger partial charge < -0.3 is 14.3 Å². The largest absolute Gasteiger partial charge is 0.328 e. The monoisotopic (exact) mass is 296 g/mol. The van der Waals surface area contributed by atoms with Crippen molar-refractivity contribution in [2.45, 2.75) is 36.4 Å². The fourth-order valence-corrected chi connectivity index (χ4v) is 2.02. The molecule has 2 unspecified atom stereocenters. The summed E-state index contributed by atoms with van der Waals surface area (Å²) >= 11 is 17.4. The van der Waals surface area contributed by atoms with Crippen LogP contribution in [0.2, 0.25) is 0 Å². The second-order valence-corrected chi connectivity index (χ2v) is 5.38. The molecule has 2 atom stereocenters. The summed E-state index contributed by atoms with van der Waals surface area (Å²) in [6.45, 7) is 0.0595. The lowest BCUT2D eigenvalue weighted by Gasteiger charge is -2.15. The molecule has 0 aromatic carbocycles. The Morgan fingerprint density at radius 3 is 2.27 bits per heavy atom. The van der Waals surface area contributed by atoms with Gasteiger partial charge >= 0.3 is 8.60 Å². The molecule has 0 spiro atoms. The summed E-state index contributed by atoms with van der Waals surface area (Å²) in [6.07, 6.45) is 3.76. The average Bonchev–Trinajstić information content (AvgIpc) is 2.20. The maximum absolute atomic E-state index is 8.51. The smallest absolute Gasteiger partial charge is 0.327 e. The van der Waals surface area contributed by atoms with Crippen LogP contribution in [0.5, 0.6) is 0 Å². The fourth-order valence-electron chi connectivity index (χ4n) is 1.03. The molecule has 0 saturated heterocycles. The molecule has 0 bridgehead atoms. The second kappa shape index (κ2) is 10.3. The molecule has 0 aromatic heterocycles. The number of halogens is 3. The van der Waals surface area contributed by atoms with Crippen molar-refractivity contribution >= 4 is 43.4 Å². The third-order valence-corrected chi connectivity index (χ3v) is 3.58. The Bertz CT molecular complexity index is 151. The topological polar surface area (TPSA) is 49.7 Å². The Labute approximate surface area is 107 Å². The zero-order chi connectivity index (χ0) is 11.7. The van der Waals surface area contributed by atoms with Gasteiger partial charge in [-0.25, -0.2) is 0 Å². The molecule has 0 aromatic rings. The predicted octanol–water partition coefficient (Wildman–Crippen LogP) is 3.23. The normalized spacial score (nSPS) is 15.6. The van der Waals surface area contributed by atoms with E-state index < -0.39 is 14.0 Å².